The largest absolute Gasteiger partial charge is 0.481 e. The predicted octanol–water partition coefficient (Wildman–Crippen LogP) is 2.45. The van der Waals surface area contributed by atoms with E-state index < -0.39 is 10.9 Å². The predicted molar refractivity (Wildman–Crippen MR) is 85.8 cm³/mol. The minimum Gasteiger partial charge on any atom is -0.481 e. The van der Waals surface area contributed by atoms with Gasteiger partial charge in [-0.1, -0.05) is 0 Å². The number of non-ortho nitro benzene ring substituents is 1. The SMILES string of the molecule is O=C(NC1CCC(C(=O)O)CC1)c1c[nH]c2ccc([N+](=O)[O-])cc12. The molecule has 0 spiro atoms. The van der Waals surface area contributed by atoms with Crippen LogP contribution in [0.3, 0.4) is 0 Å². The topological polar surface area (TPSA) is 125 Å². The number of rotatable bonds is 4. The van der Waals surface area contributed by atoms with Crippen LogP contribution < -0.4 is 5.32 Å². The van der Waals surface area contributed by atoms with Crippen LogP contribution in [0.5, 0.6) is 0 Å². The van der Waals surface area contributed by atoms with Crippen molar-refractivity contribution in [2.45, 2.75) is 31.7 Å². The lowest BCUT2D eigenvalue weighted by atomic mass is 9.86. The van der Waals surface area contributed by atoms with Crippen LogP contribution in [-0.2, 0) is 4.79 Å². The van der Waals surface area contributed by atoms with E-state index in [9.17, 15) is 19.7 Å². The van der Waals surface area contributed by atoms with Crippen molar-refractivity contribution in [1.82, 2.24) is 10.3 Å². The van der Waals surface area contributed by atoms with Crippen LogP contribution in [0.2, 0.25) is 0 Å². The summed E-state index contributed by atoms with van der Waals surface area (Å²) in [5, 5.41) is 23.3. The number of nitrogens with one attached hydrogen (secondary N) is 2. The Bertz CT molecular complexity index is 805. The third-order valence-electron chi connectivity index (χ3n) is 4.53. The van der Waals surface area contributed by atoms with Crippen LogP contribution in [0.25, 0.3) is 10.9 Å². The first-order valence-corrected chi connectivity index (χ1v) is 7.75. The normalized spacial score (nSPS) is 20.7. The zero-order chi connectivity index (χ0) is 17.3. The summed E-state index contributed by atoms with van der Waals surface area (Å²) in [6, 6.07) is 4.26. The molecule has 0 unspecified atom stereocenters. The first kappa shape index (κ1) is 16.0. The number of aromatic amines is 1. The van der Waals surface area contributed by atoms with Crippen LogP contribution in [0.1, 0.15) is 36.0 Å². The molecular weight excluding hydrogens is 314 g/mol. The zero-order valence-electron chi connectivity index (χ0n) is 12.8. The smallest absolute Gasteiger partial charge is 0.306 e. The van der Waals surface area contributed by atoms with Gasteiger partial charge in [0.25, 0.3) is 11.6 Å². The second-order valence-electron chi connectivity index (χ2n) is 6.05. The maximum Gasteiger partial charge on any atom is 0.306 e. The maximum absolute atomic E-state index is 12.5. The van der Waals surface area contributed by atoms with Gasteiger partial charge < -0.3 is 15.4 Å². The van der Waals surface area contributed by atoms with E-state index in [0.29, 0.717) is 42.1 Å². The molecule has 0 radical (unpaired) electrons. The molecular formula is C16H17N3O5. The van der Waals surface area contributed by atoms with Crippen molar-refractivity contribution >= 4 is 28.5 Å². The average molecular weight is 331 g/mol. The van der Waals surface area contributed by atoms with Gasteiger partial charge in [-0.25, -0.2) is 0 Å². The molecule has 1 fully saturated rings. The van der Waals surface area contributed by atoms with Gasteiger partial charge in [0.15, 0.2) is 0 Å². The molecule has 1 aliphatic carbocycles. The summed E-state index contributed by atoms with van der Waals surface area (Å²) in [4.78, 5) is 36.8. The Hall–Kier alpha value is -2.90. The number of nitro groups is 1. The minimum atomic E-state index is -0.788. The van der Waals surface area contributed by atoms with Gasteiger partial charge in [-0.3, -0.25) is 19.7 Å². The van der Waals surface area contributed by atoms with E-state index in [4.69, 9.17) is 5.11 Å². The van der Waals surface area contributed by atoms with E-state index in [0.717, 1.165) is 0 Å². The van der Waals surface area contributed by atoms with E-state index in [1.165, 1.54) is 18.3 Å². The fourth-order valence-electron chi connectivity index (χ4n) is 3.16. The third kappa shape index (κ3) is 3.08. The monoisotopic (exact) mass is 331 g/mol. The van der Waals surface area contributed by atoms with Gasteiger partial charge in [0, 0.05) is 35.3 Å². The zero-order valence-corrected chi connectivity index (χ0v) is 12.8. The Kier molecular flexibility index (Phi) is 4.20. The lowest BCUT2D eigenvalue weighted by Gasteiger charge is -2.26. The third-order valence-corrected chi connectivity index (χ3v) is 4.53. The number of hydrogen-bond acceptors (Lipinski definition) is 4. The molecule has 0 saturated heterocycles. The summed E-state index contributed by atoms with van der Waals surface area (Å²) in [6.07, 6.45) is 3.85. The molecule has 1 aromatic heterocycles. The minimum absolute atomic E-state index is 0.0712. The number of amides is 1. The van der Waals surface area contributed by atoms with Crippen LogP contribution in [0.4, 0.5) is 5.69 Å². The van der Waals surface area contributed by atoms with Gasteiger partial charge in [0.2, 0.25) is 0 Å². The molecule has 8 nitrogen and oxygen atoms in total. The lowest BCUT2D eigenvalue weighted by Crippen LogP contribution is -2.38. The summed E-state index contributed by atoms with van der Waals surface area (Å²) in [5.41, 5.74) is 0.938. The lowest BCUT2D eigenvalue weighted by molar-refractivity contribution is -0.384. The summed E-state index contributed by atoms with van der Waals surface area (Å²) < 4.78 is 0. The fourth-order valence-corrected chi connectivity index (χ4v) is 3.16. The molecule has 1 aromatic carbocycles. The van der Waals surface area contributed by atoms with Crippen molar-refractivity contribution in [3.8, 4) is 0 Å². The van der Waals surface area contributed by atoms with Crippen LogP contribution in [0, 0.1) is 16.0 Å². The number of aromatic nitrogens is 1. The van der Waals surface area contributed by atoms with Gasteiger partial charge in [0.05, 0.1) is 16.4 Å². The number of aliphatic carboxylic acids is 1. The van der Waals surface area contributed by atoms with E-state index in [1.807, 2.05) is 0 Å². The highest BCUT2D eigenvalue weighted by Gasteiger charge is 2.27. The second kappa shape index (κ2) is 6.31. The number of carboxylic acid groups (broad SMARTS) is 1. The molecule has 2 aromatic rings. The number of benzene rings is 1. The number of carboxylic acids is 1. The van der Waals surface area contributed by atoms with Crippen molar-refractivity contribution in [1.29, 1.82) is 0 Å². The Labute approximate surface area is 137 Å². The summed E-state index contributed by atoms with van der Waals surface area (Å²) in [5.74, 6) is -1.43. The van der Waals surface area contributed by atoms with Crippen molar-refractivity contribution in [3.05, 3.63) is 40.1 Å². The highest BCUT2D eigenvalue weighted by Crippen LogP contribution is 2.26. The Morgan fingerprint density at radius 3 is 2.58 bits per heavy atom. The molecule has 1 aliphatic rings. The van der Waals surface area contributed by atoms with E-state index >= 15 is 0 Å². The quantitative estimate of drug-likeness (QED) is 0.586. The average Bonchev–Trinajstić information content (AvgIpc) is 2.98. The molecule has 0 atom stereocenters. The highest BCUT2D eigenvalue weighted by atomic mass is 16.6. The van der Waals surface area contributed by atoms with Crippen molar-refractivity contribution in [2.75, 3.05) is 0 Å². The number of H-pyrrole nitrogens is 1. The van der Waals surface area contributed by atoms with Gasteiger partial charge in [-0.15, -0.1) is 0 Å². The number of nitro benzene ring substituents is 1. The second-order valence-corrected chi connectivity index (χ2v) is 6.05. The molecule has 1 amide bonds. The molecule has 3 N–H and O–H groups in total. The van der Waals surface area contributed by atoms with Crippen LogP contribution >= 0.6 is 0 Å². The number of nitrogens with zero attached hydrogens (tertiary/aromatic N) is 1. The summed E-state index contributed by atoms with van der Waals surface area (Å²) in [6.45, 7) is 0. The van der Waals surface area contributed by atoms with Crippen LogP contribution in [-0.4, -0.2) is 32.9 Å². The molecule has 0 bridgehead atoms. The van der Waals surface area contributed by atoms with Gasteiger partial charge in [-0.2, -0.15) is 0 Å². The summed E-state index contributed by atoms with van der Waals surface area (Å²) >= 11 is 0. The first-order chi connectivity index (χ1) is 11.5. The summed E-state index contributed by atoms with van der Waals surface area (Å²) in [7, 11) is 0. The Morgan fingerprint density at radius 1 is 1.25 bits per heavy atom. The molecule has 1 heterocycles. The van der Waals surface area contributed by atoms with Crippen molar-refractivity contribution in [2.24, 2.45) is 5.92 Å². The van der Waals surface area contributed by atoms with E-state index in [-0.39, 0.29) is 23.6 Å². The molecule has 8 heteroatoms. The molecule has 24 heavy (non-hydrogen) atoms. The van der Waals surface area contributed by atoms with Gasteiger partial charge in [0.1, 0.15) is 0 Å². The first-order valence-electron chi connectivity index (χ1n) is 7.75. The van der Waals surface area contributed by atoms with Crippen molar-refractivity contribution in [3.63, 3.8) is 0 Å². The number of carbonyl (C=O) groups excluding carboxylic acids is 1. The Morgan fingerprint density at radius 2 is 1.96 bits per heavy atom. The Balaban J connectivity index is 1.74. The number of hydrogen-bond donors (Lipinski definition) is 3. The highest BCUT2D eigenvalue weighted by molar-refractivity contribution is 6.07. The van der Waals surface area contributed by atoms with E-state index in [2.05, 4.69) is 10.3 Å². The maximum atomic E-state index is 12.5. The molecule has 0 aliphatic heterocycles. The van der Waals surface area contributed by atoms with Crippen molar-refractivity contribution < 1.29 is 19.6 Å². The molecule has 1 saturated carbocycles. The van der Waals surface area contributed by atoms with Gasteiger partial charge >= 0.3 is 5.97 Å². The standard InChI is InChI=1S/C16H17N3O5/c20-15(18-10-3-1-9(2-4-10)16(21)22)13-8-17-14-6-5-11(19(23)24)7-12(13)14/h5-10,17H,1-4H2,(H,18,20)(H,21,22). The van der Waals surface area contributed by atoms with Crippen LogP contribution in [0.15, 0.2) is 24.4 Å². The number of fused-ring (bicyclic) bond motifs is 1. The van der Waals surface area contributed by atoms with E-state index in [1.54, 1.807) is 6.07 Å². The van der Waals surface area contributed by atoms with Gasteiger partial charge in [-0.05, 0) is 31.7 Å². The number of carbonyl (C=O) groups is 2. The molecule has 3 rings (SSSR count). The molecule has 126 valence electrons. The fraction of sp³-hybridized carbons (Fsp3) is 0.375.